The smallest absolute Gasteiger partial charge is 0.314 e. The van der Waals surface area contributed by atoms with Crippen molar-refractivity contribution in [3.63, 3.8) is 0 Å². The molecular weight excluding hydrogens is 156 g/mol. The Balaban J connectivity index is 2.66. The first-order valence-electron chi connectivity index (χ1n) is 4.28. The average molecular weight is 172 g/mol. The van der Waals surface area contributed by atoms with Crippen LogP contribution in [0.4, 0.5) is 0 Å². The number of carbonyl (C=O) groups excluding carboxylic acids is 1. The predicted molar refractivity (Wildman–Crippen MR) is 44.5 cm³/mol. The van der Waals surface area contributed by atoms with Crippen LogP contribution in [0, 0.1) is 10.8 Å². The van der Waals surface area contributed by atoms with Gasteiger partial charge in [-0.05, 0) is 18.8 Å². The number of aliphatic hydroxyl groups excluding tert-OH is 1. The zero-order valence-electron chi connectivity index (χ0n) is 7.89. The van der Waals surface area contributed by atoms with Crippen LogP contribution in [-0.4, -0.2) is 24.3 Å². The summed E-state index contributed by atoms with van der Waals surface area (Å²) in [5, 5.41) is 9.09. The van der Waals surface area contributed by atoms with Crippen LogP contribution in [0.15, 0.2) is 0 Å². The zero-order chi connectivity index (χ0) is 9.41. The lowest BCUT2D eigenvalue weighted by Gasteiger charge is -2.15. The van der Waals surface area contributed by atoms with E-state index < -0.39 is 5.41 Å². The topological polar surface area (TPSA) is 46.5 Å². The summed E-state index contributed by atoms with van der Waals surface area (Å²) in [4.78, 5) is 11.4. The lowest BCUT2D eigenvalue weighted by Crippen LogP contribution is -2.27. The van der Waals surface area contributed by atoms with Crippen molar-refractivity contribution in [1.29, 1.82) is 0 Å². The minimum atomic E-state index is -0.608. The second-order valence-corrected chi connectivity index (χ2v) is 4.02. The number of hydrogen-bond acceptors (Lipinski definition) is 3. The second kappa shape index (κ2) is 2.73. The first-order valence-corrected chi connectivity index (χ1v) is 4.28. The molecule has 1 fully saturated rings. The molecule has 0 heterocycles. The number of carbonyl (C=O) groups is 1. The summed E-state index contributed by atoms with van der Waals surface area (Å²) in [5.74, 6) is -0.252. The molecule has 0 aliphatic heterocycles. The average Bonchev–Trinajstić information content (AvgIpc) is 2.55. The Morgan fingerprint density at radius 2 is 2.08 bits per heavy atom. The van der Waals surface area contributed by atoms with Gasteiger partial charge in [-0.25, -0.2) is 0 Å². The first kappa shape index (κ1) is 9.52. The SMILES string of the molecule is CCOC(=O)C1(CO)CC1(C)C. The number of rotatable bonds is 3. The molecule has 1 aliphatic carbocycles. The molecule has 0 aromatic carbocycles. The van der Waals surface area contributed by atoms with Crippen LogP contribution >= 0.6 is 0 Å². The van der Waals surface area contributed by atoms with Crippen LogP contribution in [0.1, 0.15) is 27.2 Å². The van der Waals surface area contributed by atoms with Crippen LogP contribution in [-0.2, 0) is 9.53 Å². The summed E-state index contributed by atoms with van der Waals surface area (Å²) < 4.78 is 4.90. The van der Waals surface area contributed by atoms with E-state index in [0.29, 0.717) is 6.61 Å². The molecule has 1 unspecified atom stereocenters. The van der Waals surface area contributed by atoms with Gasteiger partial charge in [0.1, 0.15) is 0 Å². The molecule has 0 aromatic rings. The van der Waals surface area contributed by atoms with Gasteiger partial charge in [0.05, 0.1) is 18.6 Å². The molecule has 0 amide bonds. The fourth-order valence-corrected chi connectivity index (χ4v) is 1.66. The van der Waals surface area contributed by atoms with E-state index >= 15 is 0 Å². The molecule has 0 radical (unpaired) electrons. The molecule has 0 aromatic heterocycles. The highest BCUT2D eigenvalue weighted by atomic mass is 16.5. The molecule has 0 bridgehead atoms. The van der Waals surface area contributed by atoms with Crippen molar-refractivity contribution >= 4 is 5.97 Å². The lowest BCUT2D eigenvalue weighted by molar-refractivity contribution is -0.152. The monoisotopic (exact) mass is 172 g/mol. The van der Waals surface area contributed by atoms with E-state index in [4.69, 9.17) is 9.84 Å². The van der Waals surface area contributed by atoms with E-state index in [9.17, 15) is 4.79 Å². The van der Waals surface area contributed by atoms with Crippen molar-refractivity contribution < 1.29 is 14.6 Å². The van der Waals surface area contributed by atoms with E-state index in [1.54, 1.807) is 6.92 Å². The zero-order valence-corrected chi connectivity index (χ0v) is 7.89. The molecular formula is C9H16O3. The van der Waals surface area contributed by atoms with Gasteiger partial charge in [0.15, 0.2) is 0 Å². The predicted octanol–water partition coefficient (Wildman–Crippen LogP) is 0.958. The molecule has 0 saturated heterocycles. The van der Waals surface area contributed by atoms with Crippen LogP contribution in [0.25, 0.3) is 0 Å². The van der Waals surface area contributed by atoms with Gasteiger partial charge in [-0.1, -0.05) is 13.8 Å². The number of esters is 1. The fourth-order valence-electron chi connectivity index (χ4n) is 1.66. The third kappa shape index (κ3) is 1.12. The van der Waals surface area contributed by atoms with Crippen molar-refractivity contribution in [2.45, 2.75) is 27.2 Å². The van der Waals surface area contributed by atoms with Crippen molar-refractivity contribution in [3.05, 3.63) is 0 Å². The van der Waals surface area contributed by atoms with Crippen molar-refractivity contribution in [2.24, 2.45) is 10.8 Å². The van der Waals surface area contributed by atoms with Gasteiger partial charge in [-0.15, -0.1) is 0 Å². The largest absolute Gasteiger partial charge is 0.465 e. The molecule has 12 heavy (non-hydrogen) atoms. The van der Waals surface area contributed by atoms with Crippen LogP contribution in [0.3, 0.4) is 0 Å². The summed E-state index contributed by atoms with van der Waals surface area (Å²) in [6, 6.07) is 0. The number of hydrogen-bond donors (Lipinski definition) is 1. The Kier molecular flexibility index (Phi) is 2.17. The molecule has 1 N–H and O–H groups in total. The molecule has 1 rings (SSSR count). The van der Waals surface area contributed by atoms with Gasteiger partial charge in [0.2, 0.25) is 0 Å². The molecule has 1 aliphatic rings. The van der Waals surface area contributed by atoms with Crippen molar-refractivity contribution in [3.8, 4) is 0 Å². The number of ether oxygens (including phenoxy) is 1. The van der Waals surface area contributed by atoms with Crippen molar-refractivity contribution in [2.75, 3.05) is 13.2 Å². The summed E-state index contributed by atoms with van der Waals surface area (Å²) in [6.07, 6.45) is 0.731. The second-order valence-electron chi connectivity index (χ2n) is 4.02. The van der Waals surface area contributed by atoms with Gasteiger partial charge < -0.3 is 9.84 Å². The fraction of sp³-hybridized carbons (Fsp3) is 0.889. The Morgan fingerprint density at radius 1 is 1.58 bits per heavy atom. The van der Waals surface area contributed by atoms with E-state index in [-0.39, 0.29) is 18.0 Å². The van der Waals surface area contributed by atoms with E-state index in [2.05, 4.69) is 0 Å². The summed E-state index contributed by atoms with van der Waals surface area (Å²) >= 11 is 0. The molecule has 3 nitrogen and oxygen atoms in total. The third-order valence-electron chi connectivity index (χ3n) is 2.85. The Labute approximate surface area is 72.7 Å². The van der Waals surface area contributed by atoms with E-state index in [1.807, 2.05) is 13.8 Å². The third-order valence-corrected chi connectivity index (χ3v) is 2.85. The van der Waals surface area contributed by atoms with Gasteiger partial charge in [-0.3, -0.25) is 4.79 Å². The normalized spacial score (nSPS) is 31.3. The molecule has 0 spiro atoms. The summed E-state index contributed by atoms with van der Waals surface area (Å²) in [7, 11) is 0. The Bertz CT molecular complexity index is 198. The molecule has 70 valence electrons. The van der Waals surface area contributed by atoms with E-state index in [0.717, 1.165) is 6.42 Å². The lowest BCUT2D eigenvalue weighted by atomic mass is 9.97. The van der Waals surface area contributed by atoms with Crippen LogP contribution < -0.4 is 0 Å². The van der Waals surface area contributed by atoms with Gasteiger partial charge in [0.25, 0.3) is 0 Å². The van der Waals surface area contributed by atoms with Gasteiger partial charge in [-0.2, -0.15) is 0 Å². The highest BCUT2D eigenvalue weighted by Gasteiger charge is 2.67. The highest BCUT2D eigenvalue weighted by Crippen LogP contribution is 2.63. The van der Waals surface area contributed by atoms with E-state index in [1.165, 1.54) is 0 Å². The van der Waals surface area contributed by atoms with Crippen molar-refractivity contribution in [1.82, 2.24) is 0 Å². The maximum absolute atomic E-state index is 11.4. The maximum atomic E-state index is 11.4. The highest BCUT2D eigenvalue weighted by molar-refractivity contribution is 5.81. The van der Waals surface area contributed by atoms with Crippen LogP contribution in [0.2, 0.25) is 0 Å². The Morgan fingerprint density at radius 3 is 2.33 bits per heavy atom. The Hall–Kier alpha value is -0.570. The first-order chi connectivity index (χ1) is 5.50. The number of aliphatic hydroxyl groups is 1. The van der Waals surface area contributed by atoms with Crippen LogP contribution in [0.5, 0.6) is 0 Å². The van der Waals surface area contributed by atoms with Gasteiger partial charge >= 0.3 is 5.97 Å². The maximum Gasteiger partial charge on any atom is 0.314 e. The quantitative estimate of drug-likeness (QED) is 0.645. The molecule has 1 saturated carbocycles. The molecule has 3 heteroatoms. The molecule has 1 atom stereocenters. The standard InChI is InChI=1S/C9H16O3/c1-4-12-7(11)9(6-10)5-8(9,2)3/h10H,4-6H2,1-3H3. The summed E-state index contributed by atoms with van der Waals surface area (Å²) in [6.45, 7) is 6.01. The summed E-state index contributed by atoms with van der Waals surface area (Å²) in [5.41, 5.74) is -0.697. The minimum absolute atomic E-state index is 0.0893. The van der Waals surface area contributed by atoms with Gasteiger partial charge in [0, 0.05) is 0 Å². The minimum Gasteiger partial charge on any atom is -0.465 e.